The summed E-state index contributed by atoms with van der Waals surface area (Å²) < 4.78 is 1.75. The second-order valence-corrected chi connectivity index (χ2v) is 5.56. The molecule has 0 bridgehead atoms. The summed E-state index contributed by atoms with van der Waals surface area (Å²) >= 11 is 0. The van der Waals surface area contributed by atoms with Crippen LogP contribution < -0.4 is 5.32 Å². The molecule has 5 heteroatoms. The van der Waals surface area contributed by atoms with Crippen LogP contribution in [0.3, 0.4) is 0 Å². The Hall–Kier alpha value is -2.95. The van der Waals surface area contributed by atoms with E-state index in [0.29, 0.717) is 12.1 Å². The molecule has 1 heterocycles. The third kappa shape index (κ3) is 3.63. The first-order valence-electron chi connectivity index (χ1n) is 7.42. The standard InChI is InChI=1S/C18H18N4O/c1-13-3-8-17(14(2)9-13)18(23)21-16-6-4-15(5-7-16)10-22-12-19-11-20-22/h3-9,11-12H,10H2,1-2H3,(H,21,23). The average Bonchev–Trinajstić information content (AvgIpc) is 3.02. The Balaban J connectivity index is 1.69. The van der Waals surface area contributed by atoms with Crippen LogP contribution in [0.25, 0.3) is 0 Å². The number of anilines is 1. The van der Waals surface area contributed by atoms with E-state index in [-0.39, 0.29) is 5.91 Å². The Morgan fingerprint density at radius 3 is 2.57 bits per heavy atom. The van der Waals surface area contributed by atoms with Crippen molar-refractivity contribution >= 4 is 11.6 Å². The van der Waals surface area contributed by atoms with Crippen molar-refractivity contribution in [3.8, 4) is 0 Å². The molecule has 0 aliphatic heterocycles. The summed E-state index contributed by atoms with van der Waals surface area (Å²) in [6, 6.07) is 13.6. The average molecular weight is 306 g/mol. The van der Waals surface area contributed by atoms with Gasteiger partial charge in [0, 0.05) is 11.3 Å². The van der Waals surface area contributed by atoms with E-state index < -0.39 is 0 Å². The molecule has 1 N–H and O–H groups in total. The van der Waals surface area contributed by atoms with Crippen LogP contribution in [0.2, 0.25) is 0 Å². The van der Waals surface area contributed by atoms with Crippen molar-refractivity contribution in [3.63, 3.8) is 0 Å². The number of aromatic nitrogens is 3. The van der Waals surface area contributed by atoms with E-state index in [1.54, 1.807) is 11.0 Å². The largest absolute Gasteiger partial charge is 0.322 e. The minimum atomic E-state index is -0.0912. The predicted octanol–water partition coefficient (Wildman–Crippen LogP) is 3.20. The molecular formula is C18H18N4O. The van der Waals surface area contributed by atoms with Crippen molar-refractivity contribution in [2.45, 2.75) is 20.4 Å². The lowest BCUT2D eigenvalue weighted by Crippen LogP contribution is -2.13. The predicted molar refractivity (Wildman–Crippen MR) is 89.4 cm³/mol. The highest BCUT2D eigenvalue weighted by Gasteiger charge is 2.09. The topological polar surface area (TPSA) is 59.8 Å². The Labute approximate surface area is 135 Å². The van der Waals surface area contributed by atoms with E-state index in [4.69, 9.17) is 0 Å². The summed E-state index contributed by atoms with van der Waals surface area (Å²) in [5.74, 6) is -0.0912. The van der Waals surface area contributed by atoms with Gasteiger partial charge in [-0.1, -0.05) is 29.8 Å². The molecule has 3 rings (SSSR count). The van der Waals surface area contributed by atoms with Crippen LogP contribution in [0.15, 0.2) is 55.1 Å². The monoisotopic (exact) mass is 306 g/mol. The minimum absolute atomic E-state index is 0.0912. The van der Waals surface area contributed by atoms with Crippen molar-refractivity contribution in [1.29, 1.82) is 0 Å². The molecule has 0 fully saturated rings. The lowest BCUT2D eigenvalue weighted by molar-refractivity contribution is 0.102. The van der Waals surface area contributed by atoms with Gasteiger partial charge < -0.3 is 5.32 Å². The summed E-state index contributed by atoms with van der Waals surface area (Å²) in [5, 5.41) is 7.01. The van der Waals surface area contributed by atoms with Gasteiger partial charge in [0.25, 0.3) is 5.91 Å². The number of hydrogen-bond donors (Lipinski definition) is 1. The summed E-state index contributed by atoms with van der Waals surface area (Å²) in [5.41, 5.74) is 4.70. The minimum Gasteiger partial charge on any atom is -0.322 e. The number of carbonyl (C=O) groups is 1. The number of rotatable bonds is 4. The van der Waals surface area contributed by atoms with Gasteiger partial charge in [0.15, 0.2) is 0 Å². The van der Waals surface area contributed by atoms with E-state index >= 15 is 0 Å². The molecule has 2 aromatic carbocycles. The fraction of sp³-hybridized carbons (Fsp3) is 0.167. The number of benzene rings is 2. The molecule has 116 valence electrons. The fourth-order valence-electron chi connectivity index (χ4n) is 2.46. The highest BCUT2D eigenvalue weighted by Crippen LogP contribution is 2.15. The molecule has 3 aromatic rings. The molecule has 0 saturated heterocycles. The normalized spacial score (nSPS) is 10.5. The quantitative estimate of drug-likeness (QED) is 0.805. The maximum Gasteiger partial charge on any atom is 0.255 e. The van der Waals surface area contributed by atoms with E-state index in [1.807, 2.05) is 56.3 Å². The lowest BCUT2D eigenvalue weighted by atomic mass is 10.1. The second kappa shape index (κ2) is 6.44. The number of amides is 1. The van der Waals surface area contributed by atoms with Gasteiger partial charge in [-0.05, 0) is 43.2 Å². The van der Waals surface area contributed by atoms with Crippen LogP contribution in [0.4, 0.5) is 5.69 Å². The maximum atomic E-state index is 12.4. The molecule has 0 aliphatic carbocycles. The summed E-state index contributed by atoms with van der Waals surface area (Å²) in [6.45, 7) is 4.62. The molecule has 0 aliphatic rings. The van der Waals surface area contributed by atoms with Gasteiger partial charge >= 0.3 is 0 Å². The maximum absolute atomic E-state index is 12.4. The highest BCUT2D eigenvalue weighted by molar-refractivity contribution is 6.05. The molecule has 0 atom stereocenters. The van der Waals surface area contributed by atoms with Crippen molar-refractivity contribution < 1.29 is 4.79 Å². The number of hydrogen-bond acceptors (Lipinski definition) is 3. The molecule has 1 aromatic heterocycles. The number of aryl methyl sites for hydroxylation is 2. The van der Waals surface area contributed by atoms with Gasteiger partial charge in [-0.3, -0.25) is 4.79 Å². The third-order valence-electron chi connectivity index (χ3n) is 3.65. The van der Waals surface area contributed by atoms with Crippen LogP contribution in [-0.2, 0) is 6.54 Å². The SMILES string of the molecule is Cc1ccc(C(=O)Nc2ccc(Cn3cncn3)cc2)c(C)c1. The van der Waals surface area contributed by atoms with Crippen molar-refractivity contribution in [2.75, 3.05) is 5.32 Å². The summed E-state index contributed by atoms with van der Waals surface area (Å²) in [7, 11) is 0. The van der Waals surface area contributed by atoms with Crippen molar-refractivity contribution in [3.05, 3.63) is 77.4 Å². The zero-order chi connectivity index (χ0) is 16.2. The lowest BCUT2D eigenvalue weighted by Gasteiger charge is -2.09. The summed E-state index contributed by atoms with van der Waals surface area (Å²) in [4.78, 5) is 16.3. The highest BCUT2D eigenvalue weighted by atomic mass is 16.1. The van der Waals surface area contributed by atoms with E-state index in [0.717, 1.165) is 22.4 Å². The Morgan fingerprint density at radius 1 is 1.13 bits per heavy atom. The van der Waals surface area contributed by atoms with Crippen LogP contribution in [0, 0.1) is 13.8 Å². The van der Waals surface area contributed by atoms with Crippen LogP contribution in [0.5, 0.6) is 0 Å². The Kier molecular flexibility index (Phi) is 4.19. The molecule has 1 amide bonds. The zero-order valence-corrected chi connectivity index (χ0v) is 13.2. The number of nitrogens with one attached hydrogen (secondary N) is 1. The molecular weight excluding hydrogens is 288 g/mol. The molecule has 0 radical (unpaired) electrons. The van der Waals surface area contributed by atoms with Gasteiger partial charge in [-0.25, -0.2) is 9.67 Å². The second-order valence-electron chi connectivity index (χ2n) is 5.56. The zero-order valence-electron chi connectivity index (χ0n) is 13.2. The molecule has 5 nitrogen and oxygen atoms in total. The fourth-order valence-corrected chi connectivity index (χ4v) is 2.46. The third-order valence-corrected chi connectivity index (χ3v) is 3.65. The molecule has 0 spiro atoms. The van der Waals surface area contributed by atoms with Crippen LogP contribution in [0.1, 0.15) is 27.0 Å². The van der Waals surface area contributed by atoms with E-state index in [9.17, 15) is 4.79 Å². The first kappa shape index (κ1) is 15.0. The summed E-state index contributed by atoms with van der Waals surface area (Å²) in [6.07, 6.45) is 3.19. The molecule has 0 unspecified atom stereocenters. The van der Waals surface area contributed by atoms with Gasteiger partial charge in [-0.2, -0.15) is 5.10 Å². The van der Waals surface area contributed by atoms with Gasteiger partial charge in [0.1, 0.15) is 12.7 Å². The van der Waals surface area contributed by atoms with E-state index in [2.05, 4.69) is 15.4 Å². The van der Waals surface area contributed by atoms with E-state index in [1.165, 1.54) is 6.33 Å². The van der Waals surface area contributed by atoms with Gasteiger partial charge in [0.2, 0.25) is 0 Å². The number of nitrogens with zero attached hydrogens (tertiary/aromatic N) is 3. The van der Waals surface area contributed by atoms with Gasteiger partial charge in [0.05, 0.1) is 6.54 Å². The van der Waals surface area contributed by atoms with Crippen LogP contribution in [-0.4, -0.2) is 20.7 Å². The van der Waals surface area contributed by atoms with Crippen LogP contribution >= 0.6 is 0 Å². The first-order valence-corrected chi connectivity index (χ1v) is 7.42. The first-order chi connectivity index (χ1) is 11.1. The molecule has 23 heavy (non-hydrogen) atoms. The smallest absolute Gasteiger partial charge is 0.255 e. The number of carbonyl (C=O) groups excluding carboxylic acids is 1. The van der Waals surface area contributed by atoms with Gasteiger partial charge in [-0.15, -0.1) is 0 Å². The Morgan fingerprint density at radius 2 is 1.91 bits per heavy atom. The van der Waals surface area contributed by atoms with Crippen molar-refractivity contribution in [1.82, 2.24) is 14.8 Å². The van der Waals surface area contributed by atoms with Crippen molar-refractivity contribution in [2.24, 2.45) is 0 Å². The molecule has 0 saturated carbocycles. The Bertz CT molecular complexity index is 808.